The van der Waals surface area contributed by atoms with E-state index in [0.717, 1.165) is 17.5 Å². The molecule has 0 amide bonds. The van der Waals surface area contributed by atoms with Crippen LogP contribution < -0.4 is 0 Å². The summed E-state index contributed by atoms with van der Waals surface area (Å²) in [6.45, 7) is 2.03. The van der Waals surface area contributed by atoms with Gasteiger partial charge in [0.1, 0.15) is 5.76 Å². The number of ether oxygens (including phenoxy) is 1. The molecule has 1 aliphatic heterocycles. The molecule has 23 heavy (non-hydrogen) atoms. The van der Waals surface area contributed by atoms with E-state index in [4.69, 9.17) is 4.74 Å². The first-order valence-electron chi connectivity index (χ1n) is 7.99. The smallest absolute Gasteiger partial charge is 0.315 e. The summed E-state index contributed by atoms with van der Waals surface area (Å²) in [7, 11) is 0. The van der Waals surface area contributed by atoms with Gasteiger partial charge in [-0.15, -0.1) is 0 Å². The van der Waals surface area contributed by atoms with E-state index >= 15 is 0 Å². The number of carbonyl (C=O) groups excluding carboxylic acids is 1. The van der Waals surface area contributed by atoms with Crippen molar-refractivity contribution in [2.45, 2.75) is 19.3 Å². The lowest BCUT2D eigenvalue weighted by atomic mass is 9.82. The molecule has 2 aromatic carbocycles. The fraction of sp³-hybridized carbons (Fsp3) is 0.190. The zero-order valence-corrected chi connectivity index (χ0v) is 13.2. The van der Waals surface area contributed by atoms with Gasteiger partial charge >= 0.3 is 5.97 Å². The van der Waals surface area contributed by atoms with Crippen molar-refractivity contribution in [3.63, 3.8) is 0 Å². The SMILES string of the molecule is CCC1C(=O)OC(/C=C/c2ccccc2)=CC1c1ccccc1. The van der Waals surface area contributed by atoms with Crippen molar-refractivity contribution in [1.82, 2.24) is 0 Å². The third-order valence-electron chi connectivity index (χ3n) is 4.16. The van der Waals surface area contributed by atoms with Crippen molar-refractivity contribution in [2.75, 3.05) is 0 Å². The molecule has 0 spiro atoms. The van der Waals surface area contributed by atoms with Gasteiger partial charge in [-0.1, -0.05) is 73.7 Å². The van der Waals surface area contributed by atoms with Crippen molar-refractivity contribution in [2.24, 2.45) is 5.92 Å². The lowest BCUT2D eigenvalue weighted by Gasteiger charge is -2.27. The quantitative estimate of drug-likeness (QED) is 0.747. The lowest BCUT2D eigenvalue weighted by Crippen LogP contribution is -2.27. The normalized spacial score (nSPS) is 21.1. The van der Waals surface area contributed by atoms with E-state index in [1.54, 1.807) is 0 Å². The van der Waals surface area contributed by atoms with Gasteiger partial charge in [0.15, 0.2) is 0 Å². The number of esters is 1. The summed E-state index contributed by atoms with van der Waals surface area (Å²) >= 11 is 0. The topological polar surface area (TPSA) is 26.3 Å². The second-order valence-electron chi connectivity index (χ2n) is 5.69. The van der Waals surface area contributed by atoms with Crippen LogP contribution in [0.4, 0.5) is 0 Å². The second-order valence-corrected chi connectivity index (χ2v) is 5.69. The lowest BCUT2D eigenvalue weighted by molar-refractivity contribution is -0.145. The molecule has 0 saturated heterocycles. The largest absolute Gasteiger partial charge is 0.427 e. The van der Waals surface area contributed by atoms with Crippen molar-refractivity contribution < 1.29 is 9.53 Å². The molecule has 1 heterocycles. The van der Waals surface area contributed by atoms with Crippen LogP contribution in [0.1, 0.15) is 30.4 Å². The van der Waals surface area contributed by atoms with Gasteiger partial charge in [0.05, 0.1) is 5.92 Å². The Morgan fingerprint density at radius 3 is 2.26 bits per heavy atom. The predicted molar refractivity (Wildman–Crippen MR) is 92.6 cm³/mol. The van der Waals surface area contributed by atoms with Crippen LogP contribution in [0.15, 0.2) is 78.6 Å². The minimum Gasteiger partial charge on any atom is -0.427 e. The van der Waals surface area contributed by atoms with Crippen molar-refractivity contribution in [3.05, 3.63) is 89.7 Å². The molecular formula is C21H20O2. The van der Waals surface area contributed by atoms with Gasteiger partial charge in [-0.25, -0.2) is 0 Å². The molecular weight excluding hydrogens is 284 g/mol. The van der Waals surface area contributed by atoms with E-state index in [1.165, 1.54) is 0 Å². The van der Waals surface area contributed by atoms with E-state index in [-0.39, 0.29) is 17.8 Å². The van der Waals surface area contributed by atoms with Gasteiger partial charge in [0.25, 0.3) is 0 Å². The summed E-state index contributed by atoms with van der Waals surface area (Å²) in [5.41, 5.74) is 2.24. The highest BCUT2D eigenvalue weighted by molar-refractivity contribution is 5.77. The highest BCUT2D eigenvalue weighted by Gasteiger charge is 2.32. The van der Waals surface area contributed by atoms with Crippen LogP contribution >= 0.6 is 0 Å². The fourth-order valence-electron chi connectivity index (χ4n) is 2.92. The Hall–Kier alpha value is -2.61. The maximum absolute atomic E-state index is 12.3. The number of hydrogen-bond donors (Lipinski definition) is 0. The van der Waals surface area contributed by atoms with Gasteiger partial charge < -0.3 is 4.74 Å². The Morgan fingerprint density at radius 1 is 0.957 bits per heavy atom. The van der Waals surface area contributed by atoms with Gasteiger partial charge in [-0.3, -0.25) is 4.79 Å². The van der Waals surface area contributed by atoms with Gasteiger partial charge in [0, 0.05) is 5.92 Å². The molecule has 0 bridgehead atoms. The molecule has 3 rings (SSSR count). The molecule has 116 valence electrons. The number of benzene rings is 2. The van der Waals surface area contributed by atoms with Gasteiger partial charge in [-0.2, -0.15) is 0 Å². The standard InChI is InChI=1S/C21H20O2/c1-2-19-20(17-11-7-4-8-12-17)15-18(23-21(19)22)14-13-16-9-5-3-6-10-16/h3-15,19-20H,2H2,1H3/b14-13+. The Bertz CT molecular complexity index is 714. The average molecular weight is 304 g/mol. The minimum absolute atomic E-state index is 0.0675. The van der Waals surface area contributed by atoms with Crippen LogP contribution in [0, 0.1) is 5.92 Å². The minimum atomic E-state index is -0.142. The zero-order chi connectivity index (χ0) is 16.1. The number of hydrogen-bond acceptors (Lipinski definition) is 2. The van der Waals surface area contributed by atoms with Crippen LogP contribution in [0.25, 0.3) is 6.08 Å². The second kappa shape index (κ2) is 7.10. The average Bonchev–Trinajstić information content (AvgIpc) is 2.61. The van der Waals surface area contributed by atoms with E-state index in [1.807, 2.05) is 67.6 Å². The van der Waals surface area contributed by atoms with Gasteiger partial charge in [-0.05, 0) is 29.7 Å². The zero-order valence-electron chi connectivity index (χ0n) is 13.2. The molecule has 0 fully saturated rings. The molecule has 0 aliphatic carbocycles. The summed E-state index contributed by atoms with van der Waals surface area (Å²) < 4.78 is 5.50. The molecule has 1 aliphatic rings. The first-order chi connectivity index (χ1) is 11.3. The molecule has 0 aromatic heterocycles. The van der Waals surface area contributed by atoms with E-state index in [0.29, 0.717) is 5.76 Å². The van der Waals surface area contributed by atoms with Crippen LogP contribution in [0.2, 0.25) is 0 Å². The first-order valence-corrected chi connectivity index (χ1v) is 7.99. The monoisotopic (exact) mass is 304 g/mol. The molecule has 0 N–H and O–H groups in total. The summed E-state index contributed by atoms with van der Waals surface area (Å²) in [4.78, 5) is 12.3. The van der Waals surface area contributed by atoms with E-state index in [2.05, 4.69) is 18.2 Å². The Morgan fingerprint density at radius 2 is 1.61 bits per heavy atom. The number of rotatable bonds is 4. The Kier molecular flexibility index (Phi) is 4.72. The number of allylic oxidation sites excluding steroid dienone is 2. The molecule has 2 heteroatoms. The molecule has 2 aromatic rings. The number of cyclic esters (lactones) is 1. The Labute approximate surface area is 137 Å². The molecule has 2 atom stereocenters. The molecule has 2 nitrogen and oxygen atoms in total. The third-order valence-corrected chi connectivity index (χ3v) is 4.16. The van der Waals surface area contributed by atoms with Crippen LogP contribution in [-0.4, -0.2) is 5.97 Å². The molecule has 2 unspecified atom stereocenters. The summed E-state index contributed by atoms with van der Waals surface area (Å²) in [5.74, 6) is 0.429. The van der Waals surface area contributed by atoms with Crippen molar-refractivity contribution in [1.29, 1.82) is 0 Å². The highest BCUT2D eigenvalue weighted by atomic mass is 16.5. The molecule has 0 radical (unpaired) electrons. The van der Waals surface area contributed by atoms with E-state index < -0.39 is 0 Å². The Balaban J connectivity index is 1.90. The predicted octanol–water partition coefficient (Wildman–Crippen LogP) is 4.95. The number of carbonyl (C=O) groups is 1. The van der Waals surface area contributed by atoms with E-state index in [9.17, 15) is 4.79 Å². The maximum atomic E-state index is 12.3. The summed E-state index contributed by atoms with van der Waals surface area (Å²) in [6, 6.07) is 20.1. The van der Waals surface area contributed by atoms with Crippen molar-refractivity contribution >= 4 is 12.0 Å². The summed E-state index contributed by atoms with van der Waals surface area (Å²) in [5, 5.41) is 0. The van der Waals surface area contributed by atoms with Crippen LogP contribution in [0.5, 0.6) is 0 Å². The van der Waals surface area contributed by atoms with Gasteiger partial charge in [0.2, 0.25) is 0 Å². The maximum Gasteiger partial charge on any atom is 0.315 e. The summed E-state index contributed by atoms with van der Waals surface area (Å²) in [6.07, 6.45) is 6.66. The first kappa shape index (κ1) is 15.3. The fourth-order valence-corrected chi connectivity index (χ4v) is 2.92. The van der Waals surface area contributed by atoms with Crippen LogP contribution in [0.3, 0.4) is 0 Å². The third kappa shape index (κ3) is 3.59. The van der Waals surface area contributed by atoms with Crippen LogP contribution in [-0.2, 0) is 9.53 Å². The van der Waals surface area contributed by atoms with Crippen molar-refractivity contribution in [3.8, 4) is 0 Å². The molecule has 0 saturated carbocycles. The highest BCUT2D eigenvalue weighted by Crippen LogP contribution is 2.35.